The summed E-state index contributed by atoms with van der Waals surface area (Å²) in [7, 11) is 0. The Morgan fingerprint density at radius 3 is 2.64 bits per heavy atom. The summed E-state index contributed by atoms with van der Waals surface area (Å²) in [5, 5.41) is 45.9. The van der Waals surface area contributed by atoms with Gasteiger partial charge in [-0.3, -0.25) is 9.98 Å². The zero-order chi connectivity index (χ0) is 31.6. The van der Waals surface area contributed by atoms with Crippen molar-refractivity contribution in [3.63, 3.8) is 0 Å². The lowest BCUT2D eigenvalue weighted by atomic mass is 9.41. The third-order valence-corrected chi connectivity index (χ3v) is 12.9. The molecule has 4 N–H and O–H groups in total. The molecule has 0 aromatic carbocycles. The molecule has 2 aliphatic heterocycles. The molecule has 6 aliphatic rings. The van der Waals surface area contributed by atoms with E-state index in [2.05, 4.69) is 11.9 Å². The summed E-state index contributed by atoms with van der Waals surface area (Å²) >= 11 is 0. The van der Waals surface area contributed by atoms with E-state index in [4.69, 9.17) is 19.2 Å². The minimum atomic E-state index is -1.10. The monoisotopic (exact) mass is 624 g/mol. The van der Waals surface area contributed by atoms with Crippen LogP contribution in [0.1, 0.15) is 83.7 Å². The predicted octanol–water partition coefficient (Wildman–Crippen LogP) is 3.25. The average molecular weight is 625 g/mol. The van der Waals surface area contributed by atoms with E-state index < -0.39 is 41.2 Å². The summed E-state index contributed by atoms with van der Waals surface area (Å²) in [6.07, 6.45) is 8.31. The number of cyclic esters (lactones) is 1. The minimum Gasteiger partial charge on any atom is -0.458 e. The topological polar surface area (TPSA) is 151 Å². The van der Waals surface area contributed by atoms with Crippen molar-refractivity contribution in [1.29, 1.82) is 0 Å². The second kappa shape index (κ2) is 11.5. The van der Waals surface area contributed by atoms with Gasteiger partial charge < -0.3 is 34.6 Å². The highest BCUT2D eigenvalue weighted by molar-refractivity contribution is 5.85. The smallest absolute Gasteiger partial charge is 0.331 e. The molecule has 1 saturated heterocycles. The average Bonchev–Trinajstić information content (AvgIpc) is 3.56. The van der Waals surface area contributed by atoms with Gasteiger partial charge in [0.25, 0.3) is 0 Å². The van der Waals surface area contributed by atoms with Crippen molar-refractivity contribution in [2.75, 3.05) is 6.61 Å². The Bertz CT molecular complexity index is 1330. The highest BCUT2D eigenvalue weighted by atomic mass is 16.7. The molecule has 1 aromatic heterocycles. The number of aliphatic hydroxyl groups excluding tert-OH is 2. The molecule has 0 radical (unpaired) electrons. The van der Waals surface area contributed by atoms with E-state index in [0.717, 1.165) is 30.5 Å². The maximum absolute atomic E-state index is 12.7. The first-order valence-electron chi connectivity index (χ1n) is 16.9. The Kier molecular flexibility index (Phi) is 8.02. The quantitative estimate of drug-likeness (QED) is 0.212. The molecule has 4 aliphatic carbocycles. The molecule has 10 nitrogen and oxygen atoms in total. The van der Waals surface area contributed by atoms with Crippen molar-refractivity contribution >= 4 is 12.2 Å². The summed E-state index contributed by atoms with van der Waals surface area (Å²) in [6, 6.07) is 5.78. The number of carbonyl (C=O) groups excluding carboxylic acids is 1. The maximum Gasteiger partial charge on any atom is 0.331 e. The van der Waals surface area contributed by atoms with Gasteiger partial charge in [0.1, 0.15) is 12.7 Å². The number of rotatable bonds is 6. The van der Waals surface area contributed by atoms with Gasteiger partial charge in [0.2, 0.25) is 0 Å². The molecule has 12 atom stereocenters. The highest BCUT2D eigenvalue weighted by Crippen LogP contribution is 2.70. The largest absolute Gasteiger partial charge is 0.458 e. The van der Waals surface area contributed by atoms with E-state index in [-0.39, 0.29) is 41.7 Å². The lowest BCUT2D eigenvalue weighted by Gasteiger charge is -2.66. The Morgan fingerprint density at radius 2 is 1.91 bits per heavy atom. The summed E-state index contributed by atoms with van der Waals surface area (Å²) in [5.41, 5.74) is -1.19. The van der Waals surface area contributed by atoms with Crippen molar-refractivity contribution in [3.8, 4) is 0 Å². The van der Waals surface area contributed by atoms with E-state index in [0.29, 0.717) is 51.7 Å². The van der Waals surface area contributed by atoms with Crippen LogP contribution >= 0.6 is 0 Å². The van der Waals surface area contributed by atoms with Gasteiger partial charge in [0.05, 0.1) is 41.8 Å². The summed E-state index contributed by atoms with van der Waals surface area (Å²) in [4.78, 5) is 21.4. The first-order valence-corrected chi connectivity index (χ1v) is 16.9. The lowest BCUT2D eigenvalue weighted by Crippen LogP contribution is -2.69. The third kappa shape index (κ3) is 5.02. The third-order valence-electron chi connectivity index (χ3n) is 12.9. The summed E-state index contributed by atoms with van der Waals surface area (Å²) < 4.78 is 17.5. The lowest BCUT2D eigenvalue weighted by molar-refractivity contribution is -0.282. The molecule has 5 fully saturated rings. The van der Waals surface area contributed by atoms with Crippen molar-refractivity contribution in [3.05, 3.63) is 41.7 Å². The van der Waals surface area contributed by atoms with Gasteiger partial charge in [-0.2, -0.15) is 0 Å². The van der Waals surface area contributed by atoms with Crippen LogP contribution in [0.15, 0.2) is 41.0 Å². The normalized spacial score (nSPS) is 48.0. The SMILES string of the molecule is CC1OC(OC2CC[C@]3(C=NCc4ccccn4)[C@H]4CC[C@]5(C)C(C6=CC(=O)OC6)CCC5(O)C4CCC3(O)C2)CC(O)C1O. The molecule has 0 spiro atoms. The van der Waals surface area contributed by atoms with Crippen LogP contribution in [0.3, 0.4) is 0 Å². The van der Waals surface area contributed by atoms with Gasteiger partial charge in [-0.25, -0.2) is 4.79 Å². The first kappa shape index (κ1) is 31.4. The van der Waals surface area contributed by atoms with Gasteiger partial charge in [0, 0.05) is 42.2 Å². The van der Waals surface area contributed by atoms with Crippen LogP contribution in [-0.2, 0) is 25.5 Å². The van der Waals surface area contributed by atoms with Crippen LogP contribution in [0.5, 0.6) is 0 Å². The number of nitrogens with zero attached hydrogens (tertiary/aromatic N) is 2. The molecule has 4 saturated carbocycles. The van der Waals surface area contributed by atoms with Gasteiger partial charge in [0.15, 0.2) is 6.29 Å². The molecule has 246 valence electrons. The van der Waals surface area contributed by atoms with Crippen LogP contribution in [-0.4, -0.2) is 86.1 Å². The second-order valence-corrected chi connectivity index (χ2v) is 15.0. The number of esters is 1. The van der Waals surface area contributed by atoms with Gasteiger partial charge >= 0.3 is 5.97 Å². The van der Waals surface area contributed by atoms with E-state index in [9.17, 15) is 25.2 Å². The van der Waals surface area contributed by atoms with Gasteiger partial charge in [-0.15, -0.1) is 0 Å². The molecule has 0 bridgehead atoms. The molecular formula is C35H48N2O8. The molecule has 45 heavy (non-hydrogen) atoms. The number of aliphatic imine (C=N–C) groups is 1. The predicted molar refractivity (Wildman–Crippen MR) is 164 cm³/mol. The van der Waals surface area contributed by atoms with Crippen LogP contribution in [0.2, 0.25) is 0 Å². The number of fused-ring (bicyclic) bond motifs is 5. The fourth-order valence-corrected chi connectivity index (χ4v) is 10.6. The number of carbonyl (C=O) groups is 1. The Labute approximate surface area is 264 Å². The van der Waals surface area contributed by atoms with Crippen LogP contribution in [0.4, 0.5) is 0 Å². The second-order valence-electron chi connectivity index (χ2n) is 15.0. The van der Waals surface area contributed by atoms with Crippen LogP contribution in [0, 0.1) is 28.6 Å². The maximum atomic E-state index is 12.7. The van der Waals surface area contributed by atoms with Crippen molar-refractivity contribution in [1.82, 2.24) is 4.98 Å². The van der Waals surface area contributed by atoms with Gasteiger partial charge in [-0.1, -0.05) is 13.0 Å². The number of aliphatic hydroxyl groups is 4. The van der Waals surface area contributed by atoms with E-state index in [1.54, 1.807) is 19.2 Å². The number of hydrogen-bond donors (Lipinski definition) is 4. The van der Waals surface area contributed by atoms with E-state index in [1.165, 1.54) is 0 Å². The number of pyridine rings is 1. The summed E-state index contributed by atoms with van der Waals surface area (Å²) in [5.74, 6) is -0.181. The standard InChI is InChI=1S/C35H48N2O8/c1-21-31(40)28(38)16-30(44-21)45-24-6-11-33(20-36-18-23-5-3-4-14-37-23)26-7-10-32(2)25(22-15-29(39)43-19-22)9-13-35(32,42)27(26)8-12-34(33,41)17-24/h3-5,14-15,20-21,24-28,30-31,38,40-42H,6-13,16-19H2,1-2H3/t21?,24?,25?,26-,27?,28?,30?,31?,32+,33-,34?,35?/m0/s1. The molecular weight excluding hydrogens is 576 g/mol. The Morgan fingerprint density at radius 1 is 1.09 bits per heavy atom. The number of ether oxygens (including phenoxy) is 3. The van der Waals surface area contributed by atoms with E-state index in [1.807, 2.05) is 24.4 Å². The fraction of sp³-hybridized carbons (Fsp3) is 0.743. The van der Waals surface area contributed by atoms with Gasteiger partial charge in [-0.05, 0) is 93.7 Å². The molecule has 3 heterocycles. The first-order chi connectivity index (χ1) is 21.5. The molecule has 10 heteroatoms. The number of aromatic nitrogens is 1. The van der Waals surface area contributed by atoms with Crippen molar-refractivity contribution in [2.24, 2.45) is 33.6 Å². The van der Waals surface area contributed by atoms with Crippen molar-refractivity contribution < 1.29 is 39.4 Å². The van der Waals surface area contributed by atoms with Crippen LogP contribution < -0.4 is 0 Å². The minimum absolute atomic E-state index is 0.0157. The molecule has 1 aromatic rings. The highest BCUT2D eigenvalue weighted by Gasteiger charge is 2.71. The van der Waals surface area contributed by atoms with E-state index >= 15 is 0 Å². The van der Waals surface area contributed by atoms with Crippen molar-refractivity contribution in [2.45, 2.75) is 127 Å². The summed E-state index contributed by atoms with van der Waals surface area (Å²) in [6.45, 7) is 4.66. The molecule has 7 rings (SSSR count). The van der Waals surface area contributed by atoms with Crippen LogP contribution in [0.25, 0.3) is 0 Å². The zero-order valence-corrected chi connectivity index (χ0v) is 26.4. The molecule has 0 amide bonds. The Balaban J connectivity index is 1.17. The molecule has 9 unspecified atom stereocenters. The fourth-order valence-electron chi connectivity index (χ4n) is 10.6. The Hall–Kier alpha value is -2.21. The zero-order valence-electron chi connectivity index (χ0n) is 26.4. The number of hydrogen-bond acceptors (Lipinski definition) is 10.